The number of rotatable bonds is 23. The van der Waals surface area contributed by atoms with E-state index in [1.165, 1.54) is 54.2 Å². The van der Waals surface area contributed by atoms with Gasteiger partial charge in [-0.15, -0.1) is 105 Å². The number of carbonyl (C=O) groups excluding carboxylic acids is 3. The minimum atomic E-state index is -3.90. The molecular formula is C116H148Ir3N3O6Si3-3. The van der Waals surface area contributed by atoms with E-state index in [0.717, 1.165) is 113 Å². The van der Waals surface area contributed by atoms with Crippen molar-refractivity contribution in [3.8, 4) is 67.2 Å². The van der Waals surface area contributed by atoms with Gasteiger partial charge in [-0.05, 0) is 107 Å². The van der Waals surface area contributed by atoms with Crippen LogP contribution in [-0.4, -0.2) is 71.8 Å². The predicted molar refractivity (Wildman–Crippen MR) is 559 cm³/mol. The Bertz CT molecular complexity index is 6630. The van der Waals surface area contributed by atoms with Crippen molar-refractivity contribution in [1.82, 2.24) is 15.0 Å². The number of aliphatic hydroxyl groups is 3. The summed E-state index contributed by atoms with van der Waals surface area (Å²) in [5.41, 5.74) is 15.6. The standard InChI is InChI=1S/3C26H26NSi.C15H28O2.C13H24O2.C10H18O2.3Ir/c3*1-18-13-19(2)15-21(14-18)26-17-23(20-9-7-6-8-10-20)24-16-22(28(3,4)5)11-12-25(24)27-26;1-7-14(5,8-2)12(16)11-13(17)15(6,9-3)10-4;1-7-12(3,4)10(14)9-11(15)13(5,6)8-2;1-7(2)8(11)6-9(12)10(3,4)5;;;/h3*6-14,16-17H,1-5H3;11,16H,7-10H2,1-6H3;9,14H,7-8H2,1-6H3;6-7,11H,1-5H3;;;/q3*-1;;;;;;/i2*3D3,4D3;;11D;9D;3D3,4D3,6D,7D;;;. The number of pyridine rings is 3. The molecule has 0 aliphatic carbocycles. The number of nitrogens with zero attached hydrogens (tertiary/aromatic N) is 3. The van der Waals surface area contributed by atoms with Crippen LogP contribution in [0.2, 0.25) is 58.6 Å². The summed E-state index contributed by atoms with van der Waals surface area (Å²) in [4.78, 5) is 51.2. The summed E-state index contributed by atoms with van der Waals surface area (Å²) in [6, 6.07) is 74.7. The van der Waals surface area contributed by atoms with Crippen molar-refractivity contribution in [3.05, 3.63) is 287 Å². The molecule has 15 heteroatoms. The van der Waals surface area contributed by atoms with Crippen LogP contribution in [0.4, 0.5) is 0 Å². The van der Waals surface area contributed by atoms with Crippen LogP contribution in [0.3, 0.4) is 0 Å². The maximum absolute atomic E-state index is 12.3. The zero-order chi connectivity index (χ0) is 114. The Balaban J connectivity index is 0.000000389. The van der Waals surface area contributed by atoms with Gasteiger partial charge in [0.15, 0.2) is 17.3 Å². The number of aryl methyl sites for hydroxylation is 6. The molecule has 0 spiro atoms. The van der Waals surface area contributed by atoms with E-state index >= 15 is 0 Å². The van der Waals surface area contributed by atoms with Gasteiger partial charge in [0, 0.05) is 154 Å². The maximum atomic E-state index is 12.3. The largest absolute Gasteiger partial charge is 0.512 e. The van der Waals surface area contributed by atoms with Crippen LogP contribution in [0.1, 0.15) is 220 Å². The number of ketones is 3. The molecule has 12 aromatic rings. The molecule has 3 heterocycles. The summed E-state index contributed by atoms with van der Waals surface area (Å²) in [6.07, 6.45) is 4.18. The molecule has 0 atom stereocenters. The van der Waals surface area contributed by atoms with Crippen molar-refractivity contribution in [2.75, 3.05) is 0 Å². The summed E-state index contributed by atoms with van der Waals surface area (Å²) in [5, 5.41) is 34.8. The van der Waals surface area contributed by atoms with Gasteiger partial charge in [-0.25, -0.2) is 0 Å². The fourth-order valence-electron chi connectivity index (χ4n) is 13.5. The van der Waals surface area contributed by atoms with Gasteiger partial charge in [-0.2, -0.15) is 0 Å². The molecule has 131 heavy (non-hydrogen) atoms. The molecule has 9 nitrogen and oxygen atoms in total. The monoisotopic (exact) mass is 2360 g/mol. The number of benzene rings is 9. The minimum absolute atomic E-state index is 0. The van der Waals surface area contributed by atoms with Gasteiger partial charge in [0.25, 0.3) is 0 Å². The third-order valence-electron chi connectivity index (χ3n) is 23.9. The fourth-order valence-corrected chi connectivity index (χ4v) is 16.4. The first-order chi connectivity index (χ1) is 68.7. The molecule has 3 radical (unpaired) electrons. The first-order valence-corrected chi connectivity index (χ1v) is 52.6. The Morgan fingerprint density at radius 2 is 0.695 bits per heavy atom. The smallest absolute Gasteiger partial charge is 0.164 e. The van der Waals surface area contributed by atoms with Gasteiger partial charge in [-0.3, -0.25) is 29.3 Å². The van der Waals surface area contributed by atoms with Crippen LogP contribution in [0.15, 0.2) is 236 Å². The zero-order valence-electron chi connectivity index (χ0n) is 103. The molecule has 0 bridgehead atoms. The predicted octanol–water partition coefficient (Wildman–Crippen LogP) is 30.8. The van der Waals surface area contributed by atoms with E-state index in [4.69, 9.17) is 45.1 Å². The third-order valence-corrected chi connectivity index (χ3v) is 28.8. The zero-order valence-corrected chi connectivity index (χ0v) is 91.4. The van der Waals surface area contributed by atoms with E-state index in [9.17, 15) is 29.7 Å². The van der Waals surface area contributed by atoms with Crippen LogP contribution in [-0.2, 0) is 74.7 Å². The molecule has 0 amide bonds. The number of aromatic nitrogens is 3. The maximum Gasteiger partial charge on any atom is 0.164 e. The van der Waals surface area contributed by atoms with Crippen molar-refractivity contribution in [2.45, 2.75) is 256 Å². The quantitative estimate of drug-likeness (QED) is 0.0246. The van der Waals surface area contributed by atoms with Crippen molar-refractivity contribution >= 4 is 89.8 Å². The minimum Gasteiger partial charge on any atom is -0.512 e. The molecule has 3 N–H and O–H groups in total. The molecular weight excluding hydrogens is 2190 g/mol. The second-order valence-electron chi connectivity index (χ2n) is 37.3. The molecule has 9 aromatic carbocycles. The topological polar surface area (TPSA) is 151 Å². The van der Waals surface area contributed by atoms with Crippen LogP contribution < -0.4 is 15.6 Å². The van der Waals surface area contributed by atoms with Crippen LogP contribution in [0.5, 0.6) is 0 Å². The summed E-state index contributed by atoms with van der Waals surface area (Å²) >= 11 is 0. The third kappa shape index (κ3) is 32.1. The van der Waals surface area contributed by atoms with Gasteiger partial charge in [0.2, 0.25) is 0 Å². The average molecular weight is 2360 g/mol. The molecule has 705 valence electrons. The number of allylic oxidation sites excluding steroid dienone is 6. The number of hydrogen-bond donors (Lipinski definition) is 3. The summed E-state index contributed by atoms with van der Waals surface area (Å²) < 4.78 is 172. The normalized spacial score (nSPS) is 15.6. The number of fused-ring (bicyclic) bond motifs is 3. The van der Waals surface area contributed by atoms with Crippen molar-refractivity contribution in [2.24, 2.45) is 33.0 Å². The molecule has 0 fully saturated rings. The fraction of sp³-hybridized carbons (Fsp3) is 0.379. The van der Waals surface area contributed by atoms with Crippen molar-refractivity contribution < 1.29 is 120 Å². The Labute approximate surface area is 862 Å². The van der Waals surface area contributed by atoms with E-state index in [-0.39, 0.29) is 95.5 Å². The molecule has 0 saturated carbocycles. The average Bonchev–Trinajstić information content (AvgIpc) is 0.730. The molecule has 0 aliphatic heterocycles. The summed E-state index contributed by atoms with van der Waals surface area (Å²) in [6.45, 7) is 31.4. The van der Waals surface area contributed by atoms with E-state index in [1.54, 1.807) is 50.2 Å². The Hall–Kier alpha value is -8.56. The molecule has 0 unspecified atom stereocenters. The SMILES string of the molecule is Cc1[c-]c(-c2cc(-c3ccccc3)c3cc([Si](C)(C)C)ccc3n2)cc(C)c1.[2H]C(C(=O)C(C)(C([2H])([2H])[2H])C([2H])([2H])[2H])=C(O)C([2H])(C)C.[2H]C(C(=O)C(C)(C)CC)=C(O)C(C)(C)CC.[2H]C(C(=O)C(C)(CC)CC)=C(O)C(C)(CC)CC.[2H]C([2H])([2H])[Si](C)(c1ccc2nc(-c3[c-]c(C)cc(C)c3)cc(-c3ccccc3)c2c1)C([2H])([2H])[2H].[2H]C([2H])([2H])[Si](C)(c1ccc2nc(-c3[c-]c(C)cc(C)c3)cc(-c3ccccc3)c2c1)C([2H])([2H])[2H].[Ir].[Ir].[Ir]. The first kappa shape index (κ1) is 83.1. The first-order valence-electron chi connectivity index (χ1n) is 55.1. The van der Waals surface area contributed by atoms with Gasteiger partial charge >= 0.3 is 0 Å². The molecule has 0 saturated heterocycles. The Kier molecular flexibility index (Phi) is 31.1. The van der Waals surface area contributed by atoms with Crippen LogP contribution in [0, 0.1) is 92.7 Å². The van der Waals surface area contributed by atoms with Gasteiger partial charge in [-0.1, -0.05) is 379 Å². The second kappa shape index (κ2) is 49.1. The number of carbonyl (C=O) groups is 3. The van der Waals surface area contributed by atoms with Crippen molar-refractivity contribution in [3.63, 3.8) is 0 Å². The van der Waals surface area contributed by atoms with Gasteiger partial charge in [0.1, 0.15) is 11.5 Å². The second-order valence-corrected chi connectivity index (χ2v) is 48.0. The van der Waals surface area contributed by atoms with E-state index < -0.39 is 114 Å². The van der Waals surface area contributed by atoms with Gasteiger partial charge in [0.05, 0.1) is 50.6 Å². The van der Waals surface area contributed by atoms with Crippen LogP contribution >= 0.6 is 0 Å². The molecule has 3 aromatic heterocycles. The van der Waals surface area contributed by atoms with Crippen LogP contribution in [0.25, 0.3) is 99.9 Å². The van der Waals surface area contributed by atoms with E-state index in [1.807, 2.05) is 182 Å². The summed E-state index contributed by atoms with van der Waals surface area (Å²) in [7, 11) is -9.19. The van der Waals surface area contributed by atoms with Crippen molar-refractivity contribution in [1.29, 1.82) is 0 Å². The summed E-state index contributed by atoms with van der Waals surface area (Å²) in [5.74, 6) is -4.88. The molecule has 0 aliphatic rings. The number of hydrogen-bond acceptors (Lipinski definition) is 9. The Morgan fingerprint density at radius 3 is 0.962 bits per heavy atom. The Morgan fingerprint density at radius 1 is 0.389 bits per heavy atom. The van der Waals surface area contributed by atoms with E-state index in [0.29, 0.717) is 54.0 Å². The van der Waals surface area contributed by atoms with Gasteiger partial charge < -0.3 is 15.3 Å². The number of aliphatic hydroxyl groups excluding tert-OH is 3. The van der Waals surface area contributed by atoms with E-state index in [2.05, 4.69) is 131 Å². The molecule has 12 rings (SSSR count).